The standard InChI is InChI=1S/C19H12ClN3O3/c20-12-3-6-16-14(9-12)15(19(25)26)10-17(23-16)11-1-4-13(5-2-11)22-18(24)7-8-21/h1-6,9-10H,7H2,(H,22,24)(H,25,26). The number of pyridine rings is 1. The van der Waals surface area contributed by atoms with Gasteiger partial charge in [0.1, 0.15) is 6.42 Å². The summed E-state index contributed by atoms with van der Waals surface area (Å²) in [4.78, 5) is 27.5. The fourth-order valence-corrected chi connectivity index (χ4v) is 2.70. The molecule has 7 heteroatoms. The number of aromatic nitrogens is 1. The van der Waals surface area contributed by atoms with E-state index in [9.17, 15) is 14.7 Å². The molecule has 0 aliphatic carbocycles. The van der Waals surface area contributed by atoms with E-state index in [0.717, 1.165) is 0 Å². The maximum Gasteiger partial charge on any atom is 0.336 e. The summed E-state index contributed by atoms with van der Waals surface area (Å²) < 4.78 is 0. The third-order valence-electron chi connectivity index (χ3n) is 3.71. The van der Waals surface area contributed by atoms with E-state index in [1.54, 1.807) is 48.5 Å². The van der Waals surface area contributed by atoms with Crippen LogP contribution in [0.3, 0.4) is 0 Å². The van der Waals surface area contributed by atoms with Crippen LogP contribution in [0.1, 0.15) is 16.8 Å². The average molecular weight is 366 g/mol. The van der Waals surface area contributed by atoms with Gasteiger partial charge in [-0.05, 0) is 36.4 Å². The highest BCUT2D eigenvalue weighted by Gasteiger charge is 2.13. The Labute approximate surface area is 153 Å². The molecule has 1 heterocycles. The van der Waals surface area contributed by atoms with E-state index in [-0.39, 0.29) is 12.0 Å². The number of benzene rings is 2. The van der Waals surface area contributed by atoms with Crippen LogP contribution in [0.2, 0.25) is 5.02 Å². The van der Waals surface area contributed by atoms with Crippen LogP contribution in [0, 0.1) is 11.3 Å². The number of nitriles is 1. The number of carbonyl (C=O) groups excluding carboxylic acids is 1. The number of halogens is 1. The first-order valence-electron chi connectivity index (χ1n) is 7.59. The zero-order chi connectivity index (χ0) is 18.7. The number of aromatic carboxylic acids is 1. The van der Waals surface area contributed by atoms with Gasteiger partial charge >= 0.3 is 5.97 Å². The van der Waals surface area contributed by atoms with Crippen molar-refractivity contribution in [3.63, 3.8) is 0 Å². The molecule has 0 radical (unpaired) electrons. The highest BCUT2D eigenvalue weighted by molar-refractivity contribution is 6.31. The van der Waals surface area contributed by atoms with E-state index >= 15 is 0 Å². The Morgan fingerprint density at radius 2 is 1.88 bits per heavy atom. The SMILES string of the molecule is N#CCC(=O)Nc1ccc(-c2cc(C(=O)O)c3cc(Cl)ccc3n2)cc1. The molecule has 0 atom stereocenters. The van der Waals surface area contributed by atoms with Gasteiger partial charge in [0.05, 0.1) is 22.8 Å². The lowest BCUT2D eigenvalue weighted by atomic mass is 10.0. The number of carboxylic acid groups (broad SMARTS) is 1. The summed E-state index contributed by atoms with van der Waals surface area (Å²) in [5, 5.41) is 21.5. The molecule has 26 heavy (non-hydrogen) atoms. The van der Waals surface area contributed by atoms with Gasteiger partial charge in [0.2, 0.25) is 5.91 Å². The first-order valence-corrected chi connectivity index (χ1v) is 7.96. The van der Waals surface area contributed by atoms with Crippen molar-refractivity contribution in [2.24, 2.45) is 0 Å². The normalized spacial score (nSPS) is 10.3. The van der Waals surface area contributed by atoms with Crippen molar-refractivity contribution in [1.82, 2.24) is 4.98 Å². The Hall–Kier alpha value is -3.43. The molecular weight excluding hydrogens is 354 g/mol. The third-order valence-corrected chi connectivity index (χ3v) is 3.94. The summed E-state index contributed by atoms with van der Waals surface area (Å²) in [6, 6.07) is 14.9. The summed E-state index contributed by atoms with van der Waals surface area (Å²) >= 11 is 5.96. The van der Waals surface area contributed by atoms with Crippen LogP contribution in [-0.2, 0) is 4.79 Å². The number of fused-ring (bicyclic) bond motifs is 1. The van der Waals surface area contributed by atoms with Crippen molar-refractivity contribution < 1.29 is 14.7 Å². The first kappa shape index (κ1) is 17.4. The van der Waals surface area contributed by atoms with Gasteiger partial charge in [-0.15, -0.1) is 0 Å². The second-order valence-electron chi connectivity index (χ2n) is 5.48. The topological polar surface area (TPSA) is 103 Å². The lowest BCUT2D eigenvalue weighted by molar-refractivity contribution is -0.115. The Morgan fingerprint density at radius 3 is 2.54 bits per heavy atom. The van der Waals surface area contributed by atoms with Crippen molar-refractivity contribution in [2.75, 3.05) is 5.32 Å². The zero-order valence-electron chi connectivity index (χ0n) is 13.4. The van der Waals surface area contributed by atoms with Crippen LogP contribution in [0.25, 0.3) is 22.2 Å². The summed E-state index contributed by atoms with van der Waals surface area (Å²) in [6.45, 7) is 0. The monoisotopic (exact) mass is 365 g/mol. The van der Waals surface area contributed by atoms with Gasteiger partial charge in [-0.25, -0.2) is 9.78 Å². The molecule has 0 spiro atoms. The quantitative estimate of drug-likeness (QED) is 0.724. The minimum atomic E-state index is -1.07. The van der Waals surface area contributed by atoms with Crippen LogP contribution in [0.15, 0.2) is 48.5 Å². The van der Waals surface area contributed by atoms with E-state index < -0.39 is 11.9 Å². The summed E-state index contributed by atoms with van der Waals surface area (Å²) in [6.07, 6.45) is -0.224. The molecule has 3 aromatic rings. The number of carbonyl (C=O) groups is 2. The molecular formula is C19H12ClN3O3. The summed E-state index contributed by atoms with van der Waals surface area (Å²) in [5.74, 6) is -1.46. The molecule has 0 saturated heterocycles. The van der Waals surface area contributed by atoms with Crippen molar-refractivity contribution >= 4 is 40.1 Å². The van der Waals surface area contributed by atoms with Gasteiger partial charge in [-0.1, -0.05) is 23.7 Å². The second-order valence-corrected chi connectivity index (χ2v) is 5.92. The van der Waals surface area contributed by atoms with Crippen LogP contribution < -0.4 is 5.32 Å². The predicted octanol–water partition coefficient (Wildman–Crippen LogP) is 4.11. The largest absolute Gasteiger partial charge is 0.478 e. The predicted molar refractivity (Wildman–Crippen MR) is 98.0 cm³/mol. The minimum Gasteiger partial charge on any atom is -0.478 e. The van der Waals surface area contributed by atoms with Crippen molar-refractivity contribution in [2.45, 2.75) is 6.42 Å². The molecule has 0 aliphatic heterocycles. The van der Waals surface area contributed by atoms with E-state index in [0.29, 0.717) is 32.9 Å². The van der Waals surface area contributed by atoms with Gasteiger partial charge in [0.15, 0.2) is 0 Å². The van der Waals surface area contributed by atoms with Crippen molar-refractivity contribution in [1.29, 1.82) is 5.26 Å². The van der Waals surface area contributed by atoms with Gasteiger partial charge in [0, 0.05) is 21.7 Å². The third kappa shape index (κ3) is 3.63. The fraction of sp³-hybridized carbons (Fsp3) is 0.0526. The van der Waals surface area contributed by atoms with Crippen LogP contribution in [-0.4, -0.2) is 22.0 Å². The molecule has 2 aromatic carbocycles. The number of nitrogens with one attached hydrogen (secondary N) is 1. The molecule has 0 unspecified atom stereocenters. The number of nitrogens with zero attached hydrogens (tertiary/aromatic N) is 2. The number of hydrogen-bond donors (Lipinski definition) is 2. The number of hydrogen-bond acceptors (Lipinski definition) is 4. The summed E-state index contributed by atoms with van der Waals surface area (Å²) in [7, 11) is 0. The first-order chi connectivity index (χ1) is 12.5. The molecule has 0 saturated carbocycles. The number of rotatable bonds is 4. The number of amides is 1. The van der Waals surface area contributed by atoms with Crippen molar-refractivity contribution in [3.8, 4) is 17.3 Å². The lowest BCUT2D eigenvalue weighted by Crippen LogP contribution is -2.09. The minimum absolute atomic E-state index is 0.110. The van der Waals surface area contributed by atoms with Crippen molar-refractivity contribution in [3.05, 3.63) is 59.1 Å². The molecule has 0 bridgehead atoms. The fourth-order valence-electron chi connectivity index (χ4n) is 2.52. The van der Waals surface area contributed by atoms with Gasteiger partial charge in [0.25, 0.3) is 0 Å². The average Bonchev–Trinajstić information content (AvgIpc) is 2.61. The molecule has 3 rings (SSSR count). The Kier molecular flexibility index (Phi) is 4.83. The Morgan fingerprint density at radius 1 is 1.15 bits per heavy atom. The molecule has 0 fully saturated rings. The molecule has 1 amide bonds. The molecule has 2 N–H and O–H groups in total. The van der Waals surface area contributed by atoms with Gasteiger partial charge in [-0.3, -0.25) is 4.79 Å². The van der Waals surface area contributed by atoms with Crippen LogP contribution in [0.4, 0.5) is 5.69 Å². The van der Waals surface area contributed by atoms with E-state index in [2.05, 4.69) is 10.3 Å². The van der Waals surface area contributed by atoms with E-state index in [1.165, 1.54) is 6.07 Å². The molecule has 128 valence electrons. The highest BCUT2D eigenvalue weighted by Crippen LogP contribution is 2.27. The van der Waals surface area contributed by atoms with E-state index in [4.69, 9.17) is 16.9 Å². The Balaban J connectivity index is 2.00. The van der Waals surface area contributed by atoms with Crippen LogP contribution >= 0.6 is 11.6 Å². The zero-order valence-corrected chi connectivity index (χ0v) is 14.1. The molecule has 1 aromatic heterocycles. The maximum atomic E-state index is 11.6. The second kappa shape index (κ2) is 7.21. The van der Waals surface area contributed by atoms with E-state index in [1.807, 2.05) is 0 Å². The van der Waals surface area contributed by atoms with Crippen LogP contribution in [0.5, 0.6) is 0 Å². The molecule has 0 aliphatic rings. The summed E-state index contributed by atoms with van der Waals surface area (Å²) in [5.41, 5.74) is 2.37. The maximum absolute atomic E-state index is 11.6. The smallest absolute Gasteiger partial charge is 0.336 e. The lowest BCUT2D eigenvalue weighted by Gasteiger charge is -2.09. The van der Waals surface area contributed by atoms with Gasteiger partial charge in [-0.2, -0.15) is 5.26 Å². The number of carboxylic acids is 1. The highest BCUT2D eigenvalue weighted by atomic mass is 35.5. The molecule has 6 nitrogen and oxygen atoms in total. The Bertz CT molecular complexity index is 1060. The number of anilines is 1. The van der Waals surface area contributed by atoms with Gasteiger partial charge < -0.3 is 10.4 Å².